The number of benzene rings is 1. The van der Waals surface area contributed by atoms with Gasteiger partial charge < -0.3 is 14.7 Å². The number of nitrogens with zero attached hydrogens (tertiary/aromatic N) is 3. The fourth-order valence-electron chi connectivity index (χ4n) is 3.51. The zero-order valence-electron chi connectivity index (χ0n) is 15.4. The van der Waals surface area contributed by atoms with Crippen LogP contribution in [0.2, 0.25) is 10.0 Å². The molecule has 0 N–H and O–H groups in total. The Bertz CT molecular complexity index is 717. The molecule has 0 saturated carbocycles. The van der Waals surface area contributed by atoms with Gasteiger partial charge >= 0.3 is 0 Å². The lowest BCUT2D eigenvalue weighted by Gasteiger charge is -2.34. The first-order chi connectivity index (χ1) is 13.0. The Balaban J connectivity index is 1.45. The Hall–Kier alpha value is -1.56. The van der Waals surface area contributed by atoms with Crippen molar-refractivity contribution in [2.24, 2.45) is 0 Å². The van der Waals surface area contributed by atoms with Crippen molar-refractivity contribution in [3.63, 3.8) is 0 Å². The van der Waals surface area contributed by atoms with Crippen LogP contribution in [0.5, 0.6) is 0 Å². The maximum atomic E-state index is 12.4. The van der Waals surface area contributed by atoms with Gasteiger partial charge in [-0.15, -0.1) is 0 Å². The van der Waals surface area contributed by atoms with Crippen molar-refractivity contribution < 1.29 is 9.59 Å². The maximum Gasteiger partial charge on any atom is 0.247 e. The average molecular weight is 410 g/mol. The summed E-state index contributed by atoms with van der Waals surface area (Å²) in [5, 5.41) is 0.926. The molecular formula is C20H25Cl2N3O2. The fraction of sp³-hybridized carbons (Fsp3) is 0.500. The molecule has 2 heterocycles. The van der Waals surface area contributed by atoms with Gasteiger partial charge in [-0.05, 0) is 62.7 Å². The number of carbonyl (C=O) groups is 2. The van der Waals surface area contributed by atoms with Gasteiger partial charge in [-0.2, -0.15) is 0 Å². The number of halogens is 2. The highest BCUT2D eigenvalue weighted by Gasteiger charge is 2.25. The zero-order valence-corrected chi connectivity index (χ0v) is 16.9. The molecule has 0 radical (unpaired) electrons. The third kappa shape index (κ3) is 5.71. The minimum absolute atomic E-state index is 0.0268. The molecule has 1 aromatic rings. The van der Waals surface area contributed by atoms with Crippen LogP contribution in [0.3, 0.4) is 0 Å². The lowest BCUT2D eigenvalue weighted by molar-refractivity contribution is -0.142. The second-order valence-electron chi connectivity index (χ2n) is 7.05. The molecule has 2 aliphatic heterocycles. The van der Waals surface area contributed by atoms with Crippen molar-refractivity contribution in [3.8, 4) is 0 Å². The molecule has 2 amide bonds. The smallest absolute Gasteiger partial charge is 0.247 e. The third-order valence-electron chi connectivity index (χ3n) is 5.09. The molecule has 0 spiro atoms. The van der Waals surface area contributed by atoms with E-state index in [9.17, 15) is 9.59 Å². The summed E-state index contributed by atoms with van der Waals surface area (Å²) < 4.78 is 0. The summed E-state index contributed by atoms with van der Waals surface area (Å²) in [7, 11) is 0. The minimum atomic E-state index is -0.161. The van der Waals surface area contributed by atoms with Crippen LogP contribution in [0.25, 0.3) is 6.08 Å². The topological polar surface area (TPSA) is 43.9 Å². The van der Waals surface area contributed by atoms with Gasteiger partial charge in [0.1, 0.15) is 6.54 Å². The average Bonchev–Trinajstić information content (AvgIpc) is 3.17. The summed E-state index contributed by atoms with van der Waals surface area (Å²) in [6, 6.07) is 5.19. The summed E-state index contributed by atoms with van der Waals surface area (Å²) in [5.74, 6) is -0.134. The summed E-state index contributed by atoms with van der Waals surface area (Å²) in [5.41, 5.74) is 0.796. The minimum Gasteiger partial charge on any atom is -0.339 e. The highest BCUT2D eigenvalue weighted by Crippen LogP contribution is 2.23. The Morgan fingerprint density at radius 3 is 2.52 bits per heavy atom. The monoisotopic (exact) mass is 409 g/mol. The van der Waals surface area contributed by atoms with E-state index in [-0.39, 0.29) is 18.4 Å². The fourth-order valence-corrected chi connectivity index (χ4v) is 3.82. The molecule has 3 rings (SSSR count). The zero-order chi connectivity index (χ0) is 19.2. The predicted octanol–water partition coefficient (Wildman–Crippen LogP) is 3.16. The number of rotatable bonds is 6. The highest BCUT2D eigenvalue weighted by atomic mass is 35.5. The maximum absolute atomic E-state index is 12.4. The molecule has 2 fully saturated rings. The van der Waals surface area contributed by atoms with E-state index >= 15 is 0 Å². The number of likely N-dealkylation sites (tertiary alicyclic amines) is 1. The molecule has 0 unspecified atom stereocenters. The third-order valence-corrected chi connectivity index (χ3v) is 5.83. The first-order valence-electron chi connectivity index (χ1n) is 9.45. The van der Waals surface area contributed by atoms with Crippen LogP contribution in [0.4, 0.5) is 0 Å². The molecule has 0 aliphatic carbocycles. The van der Waals surface area contributed by atoms with Gasteiger partial charge in [-0.3, -0.25) is 9.59 Å². The number of amides is 2. The molecule has 1 aromatic carbocycles. The van der Waals surface area contributed by atoms with Gasteiger partial charge in [0.05, 0.1) is 10.0 Å². The molecule has 7 heteroatoms. The van der Waals surface area contributed by atoms with Gasteiger partial charge in [0.15, 0.2) is 0 Å². The molecule has 146 valence electrons. The molecular weight excluding hydrogens is 385 g/mol. The largest absolute Gasteiger partial charge is 0.339 e. The molecule has 2 aliphatic rings. The van der Waals surface area contributed by atoms with Crippen LogP contribution in [0.15, 0.2) is 24.3 Å². The van der Waals surface area contributed by atoms with E-state index < -0.39 is 0 Å². The van der Waals surface area contributed by atoms with Gasteiger partial charge in [-0.25, -0.2) is 0 Å². The molecule has 27 heavy (non-hydrogen) atoms. The normalized spacial score (nSPS) is 18.7. The lowest BCUT2D eigenvalue weighted by atomic mass is 10.2. The molecule has 0 aromatic heterocycles. The number of carbonyl (C=O) groups excluding carboxylic acids is 2. The van der Waals surface area contributed by atoms with Crippen molar-refractivity contribution in [1.82, 2.24) is 14.7 Å². The van der Waals surface area contributed by atoms with Crippen molar-refractivity contribution in [1.29, 1.82) is 0 Å². The SMILES string of the molecule is O=C(/C=C/c1ccc(Cl)c(Cl)c1)N1CCN(CCCN2CCCC2)C(=O)C1. The number of hydrogen-bond acceptors (Lipinski definition) is 3. The first-order valence-corrected chi connectivity index (χ1v) is 10.2. The molecule has 0 bridgehead atoms. The van der Waals surface area contributed by atoms with Crippen LogP contribution in [-0.4, -0.2) is 72.3 Å². The molecule has 2 saturated heterocycles. The number of piperazine rings is 1. The van der Waals surface area contributed by atoms with E-state index in [1.54, 1.807) is 29.2 Å². The standard InChI is InChI=1S/C20H25Cl2N3O2/c21-17-6-4-16(14-18(17)22)5-7-19(26)25-13-12-24(20(27)15-25)11-3-10-23-8-1-2-9-23/h4-7,14H,1-3,8-13,15H2/b7-5+. The van der Waals surface area contributed by atoms with E-state index in [1.807, 2.05) is 4.90 Å². The van der Waals surface area contributed by atoms with Crippen molar-refractivity contribution in [2.45, 2.75) is 19.3 Å². The lowest BCUT2D eigenvalue weighted by Crippen LogP contribution is -2.52. The first kappa shape index (κ1) is 20.2. The van der Waals surface area contributed by atoms with E-state index in [1.165, 1.54) is 32.0 Å². The Morgan fingerprint density at radius 1 is 1.04 bits per heavy atom. The van der Waals surface area contributed by atoms with Gasteiger partial charge in [0.2, 0.25) is 11.8 Å². The quantitative estimate of drug-likeness (QED) is 0.677. The van der Waals surface area contributed by atoms with E-state index in [4.69, 9.17) is 23.2 Å². The van der Waals surface area contributed by atoms with Crippen LogP contribution >= 0.6 is 23.2 Å². The molecule has 0 atom stereocenters. The van der Waals surface area contributed by atoms with Crippen LogP contribution in [0, 0.1) is 0 Å². The van der Waals surface area contributed by atoms with Crippen LogP contribution in [0.1, 0.15) is 24.8 Å². The Morgan fingerprint density at radius 2 is 1.81 bits per heavy atom. The highest BCUT2D eigenvalue weighted by molar-refractivity contribution is 6.42. The second kappa shape index (κ2) is 9.58. The van der Waals surface area contributed by atoms with Crippen molar-refractivity contribution in [3.05, 3.63) is 39.9 Å². The Labute approximate surface area is 170 Å². The van der Waals surface area contributed by atoms with E-state index in [0.29, 0.717) is 23.1 Å². The summed E-state index contributed by atoms with van der Waals surface area (Å²) in [6.07, 6.45) is 6.75. The van der Waals surface area contributed by atoms with Crippen LogP contribution in [-0.2, 0) is 9.59 Å². The summed E-state index contributed by atoms with van der Waals surface area (Å²) in [6.45, 7) is 5.51. The van der Waals surface area contributed by atoms with E-state index in [2.05, 4.69) is 4.90 Å². The van der Waals surface area contributed by atoms with Crippen LogP contribution < -0.4 is 0 Å². The van der Waals surface area contributed by atoms with Gasteiger partial charge in [0.25, 0.3) is 0 Å². The summed E-state index contributed by atoms with van der Waals surface area (Å²) in [4.78, 5) is 30.6. The van der Waals surface area contributed by atoms with Gasteiger partial charge in [0, 0.05) is 25.7 Å². The molecule has 5 nitrogen and oxygen atoms in total. The van der Waals surface area contributed by atoms with E-state index in [0.717, 1.165) is 25.1 Å². The predicted molar refractivity (Wildman–Crippen MR) is 109 cm³/mol. The summed E-state index contributed by atoms with van der Waals surface area (Å²) >= 11 is 11.9. The second-order valence-corrected chi connectivity index (χ2v) is 7.86. The number of hydrogen-bond donors (Lipinski definition) is 0. The van der Waals surface area contributed by atoms with Crippen molar-refractivity contribution >= 4 is 41.1 Å². The van der Waals surface area contributed by atoms with Crippen molar-refractivity contribution in [2.75, 3.05) is 45.8 Å². The van der Waals surface area contributed by atoms with Gasteiger partial charge in [-0.1, -0.05) is 29.3 Å². The Kier molecular flexibility index (Phi) is 7.16.